The van der Waals surface area contributed by atoms with Crippen LogP contribution in [-0.4, -0.2) is 36.0 Å². The first kappa shape index (κ1) is 16.8. The molecular weight excluding hydrogens is 302 g/mol. The summed E-state index contributed by atoms with van der Waals surface area (Å²) in [6.45, 7) is 2.93. The average Bonchev–Trinajstić information content (AvgIpc) is 3.46. The van der Waals surface area contributed by atoms with E-state index in [4.69, 9.17) is 4.74 Å². The van der Waals surface area contributed by atoms with E-state index in [0.717, 1.165) is 38.0 Å². The fourth-order valence-corrected chi connectivity index (χ4v) is 3.11. The summed E-state index contributed by atoms with van der Waals surface area (Å²) in [6, 6.07) is 10.7. The zero-order valence-electron chi connectivity index (χ0n) is 14.4. The van der Waals surface area contributed by atoms with Gasteiger partial charge >= 0.3 is 0 Å². The SMILES string of the molecule is COc1ccc(CN(CC(=O)N[C@@](C)(C#N)C2CC2)C2CC2)cc1. The van der Waals surface area contributed by atoms with Gasteiger partial charge in [0.15, 0.2) is 0 Å². The number of nitrogens with zero attached hydrogens (tertiary/aromatic N) is 2. The highest BCUT2D eigenvalue weighted by atomic mass is 16.5. The van der Waals surface area contributed by atoms with Crippen molar-refractivity contribution in [3.05, 3.63) is 29.8 Å². The molecule has 2 aliphatic carbocycles. The summed E-state index contributed by atoms with van der Waals surface area (Å²) in [5.41, 5.74) is 0.451. The second kappa shape index (κ2) is 6.82. The number of carbonyl (C=O) groups is 1. The largest absolute Gasteiger partial charge is 0.497 e. The maximum atomic E-state index is 12.5. The Morgan fingerprint density at radius 1 is 1.33 bits per heavy atom. The lowest BCUT2D eigenvalue weighted by Gasteiger charge is -2.26. The third kappa shape index (κ3) is 4.07. The van der Waals surface area contributed by atoms with Crippen molar-refractivity contribution in [1.29, 1.82) is 5.26 Å². The lowest BCUT2D eigenvalue weighted by Crippen LogP contribution is -2.50. The monoisotopic (exact) mass is 327 g/mol. The molecule has 0 heterocycles. The second-order valence-corrected chi connectivity index (χ2v) is 7.12. The first-order valence-electron chi connectivity index (χ1n) is 8.63. The van der Waals surface area contributed by atoms with Gasteiger partial charge < -0.3 is 10.1 Å². The minimum atomic E-state index is -0.716. The third-order valence-corrected chi connectivity index (χ3v) is 4.98. The molecule has 5 heteroatoms. The molecule has 3 rings (SSSR count). The number of hydrogen-bond acceptors (Lipinski definition) is 4. The van der Waals surface area contributed by atoms with Gasteiger partial charge in [0, 0.05) is 12.6 Å². The summed E-state index contributed by atoms with van der Waals surface area (Å²) in [4.78, 5) is 14.7. The number of hydrogen-bond donors (Lipinski definition) is 1. The Labute approximate surface area is 143 Å². The van der Waals surface area contributed by atoms with Crippen molar-refractivity contribution in [2.75, 3.05) is 13.7 Å². The van der Waals surface area contributed by atoms with Crippen molar-refractivity contribution in [3.63, 3.8) is 0 Å². The zero-order valence-corrected chi connectivity index (χ0v) is 14.4. The number of nitrogens with one attached hydrogen (secondary N) is 1. The highest BCUT2D eigenvalue weighted by Gasteiger charge is 2.43. The molecule has 1 aromatic carbocycles. The molecule has 0 radical (unpaired) electrons. The van der Waals surface area contributed by atoms with E-state index in [0.29, 0.717) is 18.5 Å². The van der Waals surface area contributed by atoms with E-state index in [9.17, 15) is 10.1 Å². The van der Waals surface area contributed by atoms with Gasteiger partial charge in [0.05, 0.1) is 19.7 Å². The molecule has 2 aliphatic rings. The van der Waals surface area contributed by atoms with Crippen molar-refractivity contribution >= 4 is 5.91 Å². The fraction of sp³-hybridized carbons (Fsp3) is 0.579. The molecule has 1 aromatic rings. The molecule has 1 atom stereocenters. The lowest BCUT2D eigenvalue weighted by molar-refractivity contribution is -0.124. The van der Waals surface area contributed by atoms with Gasteiger partial charge in [-0.05, 0) is 56.2 Å². The van der Waals surface area contributed by atoms with Crippen LogP contribution in [0, 0.1) is 17.2 Å². The van der Waals surface area contributed by atoms with Crippen LogP contribution < -0.4 is 10.1 Å². The molecule has 5 nitrogen and oxygen atoms in total. The number of ether oxygens (including phenoxy) is 1. The highest BCUT2D eigenvalue weighted by Crippen LogP contribution is 2.39. The van der Waals surface area contributed by atoms with Crippen LogP contribution in [0.25, 0.3) is 0 Å². The Hall–Kier alpha value is -2.06. The van der Waals surface area contributed by atoms with Gasteiger partial charge in [-0.2, -0.15) is 5.26 Å². The first-order valence-corrected chi connectivity index (χ1v) is 8.63. The summed E-state index contributed by atoms with van der Waals surface area (Å²) in [5.74, 6) is 1.09. The first-order chi connectivity index (χ1) is 11.5. The molecule has 2 fully saturated rings. The molecule has 0 saturated heterocycles. The van der Waals surface area contributed by atoms with Gasteiger partial charge in [-0.1, -0.05) is 12.1 Å². The van der Waals surface area contributed by atoms with Crippen molar-refractivity contribution in [3.8, 4) is 11.8 Å². The van der Waals surface area contributed by atoms with Crippen LogP contribution in [0.1, 0.15) is 38.2 Å². The number of benzene rings is 1. The predicted molar refractivity (Wildman–Crippen MR) is 91.3 cm³/mol. The zero-order chi connectivity index (χ0) is 17.2. The van der Waals surface area contributed by atoms with Crippen LogP contribution in [0.15, 0.2) is 24.3 Å². The predicted octanol–water partition coefficient (Wildman–Crippen LogP) is 2.47. The topological polar surface area (TPSA) is 65.4 Å². The van der Waals surface area contributed by atoms with Crippen LogP contribution in [0.4, 0.5) is 0 Å². The van der Waals surface area contributed by atoms with E-state index < -0.39 is 5.54 Å². The number of amides is 1. The summed E-state index contributed by atoms with van der Waals surface area (Å²) >= 11 is 0. The maximum Gasteiger partial charge on any atom is 0.235 e. The summed E-state index contributed by atoms with van der Waals surface area (Å²) in [6.07, 6.45) is 4.34. The van der Waals surface area contributed by atoms with E-state index in [1.165, 1.54) is 5.56 Å². The van der Waals surface area contributed by atoms with E-state index in [-0.39, 0.29) is 5.91 Å². The maximum absolute atomic E-state index is 12.5. The van der Waals surface area contributed by atoms with Crippen LogP contribution in [-0.2, 0) is 11.3 Å². The Balaban J connectivity index is 1.59. The third-order valence-electron chi connectivity index (χ3n) is 4.98. The Bertz CT molecular complexity index is 629. The standard InChI is InChI=1S/C19H25N3O2/c1-19(13-20,15-5-6-15)21-18(23)12-22(16-7-8-16)11-14-3-9-17(24-2)10-4-14/h3-4,9-10,15-16H,5-8,11-12H2,1-2H3,(H,21,23)/t19-/m0/s1. The average molecular weight is 327 g/mol. The van der Waals surface area contributed by atoms with Crippen LogP contribution in [0.3, 0.4) is 0 Å². The van der Waals surface area contributed by atoms with Gasteiger partial charge in [0.1, 0.15) is 11.3 Å². The molecule has 0 bridgehead atoms. The molecule has 0 spiro atoms. The minimum absolute atomic E-state index is 0.0497. The summed E-state index contributed by atoms with van der Waals surface area (Å²) < 4.78 is 5.19. The Kier molecular flexibility index (Phi) is 4.77. The van der Waals surface area contributed by atoms with Crippen molar-refractivity contribution in [2.45, 2.75) is 50.7 Å². The molecule has 24 heavy (non-hydrogen) atoms. The van der Waals surface area contributed by atoms with E-state index >= 15 is 0 Å². The molecule has 2 saturated carbocycles. The fourth-order valence-electron chi connectivity index (χ4n) is 3.11. The lowest BCUT2D eigenvalue weighted by atomic mass is 9.98. The minimum Gasteiger partial charge on any atom is -0.497 e. The van der Waals surface area contributed by atoms with Crippen LogP contribution in [0.2, 0.25) is 0 Å². The molecular formula is C19H25N3O2. The van der Waals surface area contributed by atoms with Gasteiger partial charge in [-0.3, -0.25) is 9.69 Å². The molecule has 1 amide bonds. The molecule has 0 unspecified atom stereocenters. The quantitative estimate of drug-likeness (QED) is 0.796. The number of carbonyl (C=O) groups excluding carboxylic acids is 1. The van der Waals surface area contributed by atoms with Gasteiger partial charge in [-0.25, -0.2) is 0 Å². The molecule has 1 N–H and O–H groups in total. The van der Waals surface area contributed by atoms with Crippen LogP contribution in [0.5, 0.6) is 5.75 Å². The molecule has 0 aliphatic heterocycles. The molecule has 128 valence electrons. The molecule has 0 aromatic heterocycles. The van der Waals surface area contributed by atoms with Crippen molar-refractivity contribution in [2.24, 2.45) is 5.92 Å². The second-order valence-electron chi connectivity index (χ2n) is 7.12. The van der Waals surface area contributed by atoms with E-state index in [1.54, 1.807) is 7.11 Å². The van der Waals surface area contributed by atoms with Crippen molar-refractivity contribution < 1.29 is 9.53 Å². The van der Waals surface area contributed by atoms with Gasteiger partial charge in [0.25, 0.3) is 0 Å². The van der Waals surface area contributed by atoms with Crippen molar-refractivity contribution in [1.82, 2.24) is 10.2 Å². The summed E-state index contributed by atoms with van der Waals surface area (Å²) in [7, 11) is 1.65. The normalized spacial score (nSPS) is 19.4. The Morgan fingerprint density at radius 3 is 2.50 bits per heavy atom. The van der Waals surface area contributed by atoms with Gasteiger partial charge in [-0.15, -0.1) is 0 Å². The highest BCUT2D eigenvalue weighted by molar-refractivity contribution is 5.79. The smallest absolute Gasteiger partial charge is 0.235 e. The van der Waals surface area contributed by atoms with E-state index in [1.807, 2.05) is 31.2 Å². The summed E-state index contributed by atoms with van der Waals surface area (Å²) in [5, 5.41) is 12.4. The Morgan fingerprint density at radius 2 is 2.00 bits per heavy atom. The van der Waals surface area contributed by atoms with Gasteiger partial charge in [0.2, 0.25) is 5.91 Å². The van der Waals surface area contributed by atoms with Crippen LogP contribution >= 0.6 is 0 Å². The number of rotatable bonds is 8. The van der Waals surface area contributed by atoms with E-state index in [2.05, 4.69) is 16.3 Å². The number of methoxy groups -OCH3 is 1. The number of nitriles is 1.